The van der Waals surface area contributed by atoms with Crippen LogP contribution < -0.4 is 9.64 Å². The molecular weight excluding hydrogens is 579 g/mol. The van der Waals surface area contributed by atoms with E-state index < -0.39 is 12.3 Å². The van der Waals surface area contributed by atoms with Gasteiger partial charge in [0.05, 0.1) is 18.3 Å². The van der Waals surface area contributed by atoms with Crippen LogP contribution >= 0.6 is 0 Å². The number of aromatic nitrogens is 1. The van der Waals surface area contributed by atoms with Crippen molar-refractivity contribution in [3.05, 3.63) is 64.9 Å². The lowest BCUT2D eigenvalue weighted by Crippen LogP contribution is -2.54. The number of benzene rings is 2. The lowest BCUT2D eigenvalue weighted by molar-refractivity contribution is -0.274. The van der Waals surface area contributed by atoms with Gasteiger partial charge in [0.15, 0.2) is 0 Å². The Hall–Kier alpha value is -4.06. The van der Waals surface area contributed by atoms with Crippen LogP contribution in [0.4, 0.5) is 23.7 Å². The number of carbonyl (C=O) groups is 2. The standard InChI is InChI=1S/C32H32F3N3O6/c33-32(34,35)43-27-6-2-1-5-24(27)28-25(29(44-36-28)19-8-9-19)17-42-23-15-21-11-12-22(16-23)38(21)31(41)37-13-3-4-18-7-10-20(30(39)40)14-26(18)37/h1-2,5-7,10,14,19,21-23H,3-4,8-9,11-13,15-17H2,(H,39,40). The molecule has 4 aliphatic rings. The van der Waals surface area contributed by atoms with Crippen LogP contribution in [0.15, 0.2) is 47.0 Å². The summed E-state index contributed by atoms with van der Waals surface area (Å²) in [7, 11) is 0. The molecule has 3 aromatic rings. The molecule has 3 fully saturated rings. The molecule has 4 heterocycles. The summed E-state index contributed by atoms with van der Waals surface area (Å²) in [5, 5.41) is 13.7. The van der Waals surface area contributed by atoms with Gasteiger partial charge in [0, 0.05) is 41.4 Å². The monoisotopic (exact) mass is 611 g/mol. The van der Waals surface area contributed by atoms with Crippen molar-refractivity contribution in [3.8, 4) is 17.0 Å². The predicted octanol–water partition coefficient (Wildman–Crippen LogP) is 6.90. The molecule has 9 nitrogen and oxygen atoms in total. The fourth-order valence-electron chi connectivity index (χ4n) is 7.04. The molecular formula is C32H32F3N3O6. The smallest absolute Gasteiger partial charge is 0.478 e. The number of aryl methyl sites for hydroxylation is 1. The first-order valence-corrected chi connectivity index (χ1v) is 15.1. The van der Waals surface area contributed by atoms with Crippen molar-refractivity contribution in [3.63, 3.8) is 0 Å². The highest BCUT2D eigenvalue weighted by atomic mass is 19.4. The summed E-state index contributed by atoms with van der Waals surface area (Å²) in [4.78, 5) is 29.2. The van der Waals surface area contributed by atoms with Gasteiger partial charge in [-0.25, -0.2) is 9.59 Å². The topological polar surface area (TPSA) is 105 Å². The van der Waals surface area contributed by atoms with Gasteiger partial charge >= 0.3 is 18.4 Å². The summed E-state index contributed by atoms with van der Waals surface area (Å²) in [5.41, 5.74) is 2.90. The summed E-state index contributed by atoms with van der Waals surface area (Å²) in [6.07, 6.45) is 1.39. The molecule has 2 atom stereocenters. The molecule has 0 spiro atoms. The van der Waals surface area contributed by atoms with Gasteiger partial charge < -0.3 is 24.0 Å². The average Bonchev–Trinajstić information content (AvgIpc) is 3.70. The Morgan fingerprint density at radius 3 is 2.50 bits per heavy atom. The fourth-order valence-corrected chi connectivity index (χ4v) is 7.04. The zero-order valence-corrected chi connectivity index (χ0v) is 23.9. The van der Waals surface area contributed by atoms with E-state index in [1.807, 2.05) is 4.90 Å². The number of halogens is 3. The van der Waals surface area contributed by atoms with Crippen molar-refractivity contribution in [2.75, 3.05) is 11.4 Å². The van der Waals surface area contributed by atoms with E-state index in [1.54, 1.807) is 29.2 Å². The van der Waals surface area contributed by atoms with Gasteiger partial charge in [0.2, 0.25) is 0 Å². The van der Waals surface area contributed by atoms with Crippen LogP contribution in [0.3, 0.4) is 0 Å². The van der Waals surface area contributed by atoms with Crippen LogP contribution in [0.2, 0.25) is 0 Å². The summed E-state index contributed by atoms with van der Waals surface area (Å²) < 4.78 is 55.8. The highest BCUT2D eigenvalue weighted by molar-refractivity contribution is 5.96. The van der Waals surface area contributed by atoms with Gasteiger partial charge in [-0.15, -0.1) is 13.2 Å². The number of aromatic carboxylic acids is 1. The number of fused-ring (bicyclic) bond motifs is 3. The number of hydrogen-bond donors (Lipinski definition) is 1. The highest BCUT2D eigenvalue weighted by Gasteiger charge is 2.46. The molecule has 1 N–H and O–H groups in total. The molecule has 3 aliphatic heterocycles. The third-order valence-electron chi connectivity index (χ3n) is 9.19. The van der Waals surface area contributed by atoms with Crippen LogP contribution in [0, 0.1) is 0 Å². The average molecular weight is 612 g/mol. The number of anilines is 1. The van der Waals surface area contributed by atoms with E-state index in [1.165, 1.54) is 18.2 Å². The maximum absolute atomic E-state index is 13.9. The molecule has 2 amide bonds. The number of piperidine rings is 1. The molecule has 12 heteroatoms. The number of alkyl halides is 3. The van der Waals surface area contributed by atoms with Crippen molar-refractivity contribution in [2.45, 2.75) is 88.4 Å². The number of ether oxygens (including phenoxy) is 2. The number of amides is 2. The van der Waals surface area contributed by atoms with Crippen LogP contribution in [0.25, 0.3) is 11.3 Å². The Morgan fingerprint density at radius 1 is 1.05 bits per heavy atom. The maximum Gasteiger partial charge on any atom is 0.573 e. The van der Waals surface area contributed by atoms with E-state index in [4.69, 9.17) is 9.26 Å². The van der Waals surface area contributed by atoms with Crippen molar-refractivity contribution < 1.29 is 41.9 Å². The van der Waals surface area contributed by atoms with Crippen LogP contribution in [-0.4, -0.2) is 58.3 Å². The number of hydrogen-bond acceptors (Lipinski definition) is 6. The summed E-state index contributed by atoms with van der Waals surface area (Å²) in [6.45, 7) is 0.658. The Kier molecular flexibility index (Phi) is 7.26. The zero-order chi connectivity index (χ0) is 30.6. The van der Waals surface area contributed by atoms with E-state index in [9.17, 15) is 27.9 Å². The van der Waals surface area contributed by atoms with Gasteiger partial charge in [0.25, 0.3) is 0 Å². The minimum Gasteiger partial charge on any atom is -0.478 e. The number of carboxylic acid groups (broad SMARTS) is 1. The minimum absolute atomic E-state index is 0.0231. The number of rotatable bonds is 7. The van der Waals surface area contributed by atoms with Crippen molar-refractivity contribution in [1.29, 1.82) is 0 Å². The molecule has 2 bridgehead atoms. The lowest BCUT2D eigenvalue weighted by Gasteiger charge is -2.42. The summed E-state index contributed by atoms with van der Waals surface area (Å²) in [6, 6.07) is 10.7. The number of nitrogens with zero attached hydrogens (tertiary/aromatic N) is 3. The Morgan fingerprint density at radius 2 is 1.80 bits per heavy atom. The Bertz CT molecular complexity index is 1570. The van der Waals surface area contributed by atoms with Crippen LogP contribution in [0.1, 0.15) is 78.1 Å². The minimum atomic E-state index is -4.85. The number of urea groups is 1. The number of para-hydroxylation sites is 1. The third kappa shape index (κ3) is 5.51. The fraction of sp³-hybridized carbons (Fsp3) is 0.469. The molecule has 1 aromatic heterocycles. The normalized spacial score (nSPS) is 23.0. The molecule has 7 rings (SSSR count). The van der Waals surface area contributed by atoms with Gasteiger partial charge in [-0.3, -0.25) is 4.90 Å². The summed E-state index contributed by atoms with van der Waals surface area (Å²) in [5.74, 6) is -0.574. The number of carboxylic acids is 1. The Labute approximate surface area is 251 Å². The third-order valence-corrected chi connectivity index (χ3v) is 9.19. The molecule has 1 saturated carbocycles. The zero-order valence-electron chi connectivity index (χ0n) is 23.9. The van der Waals surface area contributed by atoms with Crippen molar-refractivity contribution >= 4 is 17.7 Å². The SMILES string of the molecule is O=C(O)c1ccc2c(c1)N(C(=O)N1C3CCC1CC(OCc1c(-c4ccccc4OC(F)(F)F)noc1C1CC1)C3)CCC2. The van der Waals surface area contributed by atoms with Gasteiger partial charge in [0.1, 0.15) is 17.2 Å². The van der Waals surface area contributed by atoms with Crippen molar-refractivity contribution in [1.82, 2.24) is 10.1 Å². The molecule has 44 heavy (non-hydrogen) atoms. The van der Waals surface area contributed by atoms with Crippen molar-refractivity contribution in [2.24, 2.45) is 0 Å². The van der Waals surface area contributed by atoms with Gasteiger partial charge in [-0.05, 0) is 81.2 Å². The molecule has 0 radical (unpaired) electrons. The number of carbonyl (C=O) groups excluding carboxylic acids is 1. The highest BCUT2D eigenvalue weighted by Crippen LogP contribution is 2.46. The molecule has 2 unspecified atom stereocenters. The van der Waals surface area contributed by atoms with Crippen LogP contribution in [-0.2, 0) is 17.8 Å². The quantitative estimate of drug-likeness (QED) is 0.310. The lowest BCUT2D eigenvalue weighted by atomic mass is 9.97. The second-order valence-electron chi connectivity index (χ2n) is 12.1. The second-order valence-corrected chi connectivity index (χ2v) is 12.1. The predicted molar refractivity (Wildman–Crippen MR) is 152 cm³/mol. The Balaban J connectivity index is 1.08. The van der Waals surface area contributed by atoms with E-state index in [2.05, 4.69) is 9.89 Å². The van der Waals surface area contributed by atoms with E-state index in [0.717, 1.165) is 44.1 Å². The molecule has 2 aromatic carbocycles. The first-order chi connectivity index (χ1) is 21.2. The first-order valence-electron chi connectivity index (χ1n) is 15.1. The van der Waals surface area contributed by atoms with E-state index in [0.29, 0.717) is 36.4 Å². The van der Waals surface area contributed by atoms with Gasteiger partial charge in [-0.2, -0.15) is 0 Å². The molecule has 2 saturated heterocycles. The molecule has 232 valence electrons. The first kappa shape index (κ1) is 28.7. The summed E-state index contributed by atoms with van der Waals surface area (Å²) >= 11 is 0. The van der Waals surface area contributed by atoms with Gasteiger partial charge in [-0.1, -0.05) is 23.4 Å². The largest absolute Gasteiger partial charge is 0.573 e. The van der Waals surface area contributed by atoms with Crippen LogP contribution in [0.5, 0.6) is 5.75 Å². The van der Waals surface area contributed by atoms with E-state index in [-0.39, 0.29) is 59.3 Å². The molecule has 1 aliphatic carbocycles. The maximum atomic E-state index is 13.9. The van der Waals surface area contributed by atoms with E-state index >= 15 is 0 Å². The second kappa shape index (κ2) is 11.1.